The molecule has 0 saturated carbocycles. The monoisotopic (exact) mass is 478 g/mol. The van der Waals surface area contributed by atoms with Crippen LogP contribution in [0.25, 0.3) is 0 Å². The molecular formula is C16H21F2IN6O. The zero-order valence-corrected chi connectivity index (χ0v) is 16.8. The Morgan fingerprint density at radius 2 is 2.23 bits per heavy atom. The summed E-state index contributed by atoms with van der Waals surface area (Å²) in [6, 6.07) is 3.74. The van der Waals surface area contributed by atoms with E-state index in [0.29, 0.717) is 43.0 Å². The van der Waals surface area contributed by atoms with Crippen molar-refractivity contribution in [1.82, 2.24) is 20.8 Å². The maximum atomic E-state index is 13.9. The van der Waals surface area contributed by atoms with Crippen LogP contribution in [0.2, 0.25) is 0 Å². The van der Waals surface area contributed by atoms with Gasteiger partial charge in [0.1, 0.15) is 11.6 Å². The summed E-state index contributed by atoms with van der Waals surface area (Å²) in [5, 5.41) is 10.1. The first kappa shape index (κ1) is 20.3. The second kappa shape index (κ2) is 9.10. The minimum absolute atomic E-state index is 0. The molecule has 1 saturated heterocycles. The van der Waals surface area contributed by atoms with E-state index in [4.69, 9.17) is 4.52 Å². The van der Waals surface area contributed by atoms with Gasteiger partial charge in [-0.05, 0) is 25.5 Å². The molecule has 0 radical (unpaired) electrons. The third kappa shape index (κ3) is 5.02. The fourth-order valence-corrected chi connectivity index (χ4v) is 2.79. The smallest absolute Gasteiger partial charge is 0.246 e. The average molecular weight is 478 g/mol. The van der Waals surface area contributed by atoms with Gasteiger partial charge in [-0.25, -0.2) is 8.78 Å². The number of rotatable bonds is 4. The second-order valence-corrected chi connectivity index (χ2v) is 5.83. The van der Waals surface area contributed by atoms with E-state index in [1.165, 1.54) is 12.1 Å². The largest absolute Gasteiger partial charge is 0.367 e. The highest BCUT2D eigenvalue weighted by molar-refractivity contribution is 14.0. The summed E-state index contributed by atoms with van der Waals surface area (Å²) in [6.45, 7) is 3.40. The number of aromatic nitrogens is 2. The number of nitrogens with one attached hydrogen (secondary N) is 2. The van der Waals surface area contributed by atoms with Gasteiger partial charge in [-0.1, -0.05) is 5.16 Å². The van der Waals surface area contributed by atoms with Crippen molar-refractivity contribution in [3.63, 3.8) is 0 Å². The average Bonchev–Trinajstić information content (AvgIpc) is 3.20. The molecular weight excluding hydrogens is 457 g/mol. The van der Waals surface area contributed by atoms with Crippen LogP contribution < -0.4 is 15.5 Å². The first-order chi connectivity index (χ1) is 12.0. The Balaban J connectivity index is 0.00000243. The molecule has 0 amide bonds. The number of hydrogen-bond acceptors (Lipinski definition) is 5. The van der Waals surface area contributed by atoms with Crippen molar-refractivity contribution >= 4 is 35.6 Å². The fraction of sp³-hybridized carbons (Fsp3) is 0.438. The normalized spacial score (nSPS) is 17.2. The summed E-state index contributed by atoms with van der Waals surface area (Å²) < 4.78 is 32.0. The summed E-state index contributed by atoms with van der Waals surface area (Å²) >= 11 is 0. The van der Waals surface area contributed by atoms with Gasteiger partial charge in [0.2, 0.25) is 5.89 Å². The fourth-order valence-electron chi connectivity index (χ4n) is 2.79. The van der Waals surface area contributed by atoms with Gasteiger partial charge in [0.25, 0.3) is 0 Å². The van der Waals surface area contributed by atoms with Crippen molar-refractivity contribution in [2.24, 2.45) is 4.99 Å². The Morgan fingerprint density at radius 3 is 2.88 bits per heavy atom. The molecule has 142 valence electrons. The van der Waals surface area contributed by atoms with Gasteiger partial charge in [0, 0.05) is 32.2 Å². The molecule has 3 rings (SSSR count). The SMILES string of the molecule is CN=C(NCc1nc(C)no1)NC1CCN(c2ccc(F)cc2F)C1.I. The maximum Gasteiger partial charge on any atom is 0.246 e. The van der Waals surface area contributed by atoms with Crippen molar-refractivity contribution in [1.29, 1.82) is 0 Å². The number of guanidine groups is 1. The van der Waals surface area contributed by atoms with Crippen LogP contribution in [0.1, 0.15) is 18.1 Å². The predicted molar refractivity (Wildman–Crippen MR) is 105 cm³/mol. The first-order valence-corrected chi connectivity index (χ1v) is 8.01. The quantitative estimate of drug-likeness (QED) is 0.399. The molecule has 1 aliphatic heterocycles. The van der Waals surface area contributed by atoms with Gasteiger partial charge >= 0.3 is 0 Å². The molecule has 1 aromatic carbocycles. The van der Waals surface area contributed by atoms with Crippen LogP contribution >= 0.6 is 24.0 Å². The van der Waals surface area contributed by atoms with Crippen LogP contribution in [0.3, 0.4) is 0 Å². The standard InChI is InChI=1S/C16H20F2N6O.HI/c1-10-21-15(25-23-10)8-20-16(19-2)22-12-5-6-24(9-12)14-4-3-11(17)7-13(14)18;/h3-4,7,12H,5-6,8-9H2,1-2H3,(H2,19,20,22);1H. The molecule has 7 nitrogen and oxygen atoms in total. The Labute approximate surface area is 167 Å². The Kier molecular flexibility index (Phi) is 7.12. The molecule has 26 heavy (non-hydrogen) atoms. The highest BCUT2D eigenvalue weighted by Gasteiger charge is 2.25. The summed E-state index contributed by atoms with van der Waals surface area (Å²) in [5.74, 6) is 0.530. The third-order valence-electron chi connectivity index (χ3n) is 3.98. The lowest BCUT2D eigenvalue weighted by Gasteiger charge is -2.20. The van der Waals surface area contributed by atoms with E-state index in [9.17, 15) is 8.78 Å². The van der Waals surface area contributed by atoms with E-state index in [-0.39, 0.29) is 30.0 Å². The topological polar surface area (TPSA) is 78.6 Å². The molecule has 2 heterocycles. The van der Waals surface area contributed by atoms with Crippen molar-refractivity contribution in [2.75, 3.05) is 25.0 Å². The summed E-state index contributed by atoms with van der Waals surface area (Å²) in [4.78, 5) is 10.2. The Morgan fingerprint density at radius 1 is 1.42 bits per heavy atom. The lowest BCUT2D eigenvalue weighted by molar-refractivity contribution is 0.371. The minimum atomic E-state index is -0.573. The second-order valence-electron chi connectivity index (χ2n) is 5.83. The first-order valence-electron chi connectivity index (χ1n) is 8.01. The predicted octanol–water partition coefficient (Wildman–Crippen LogP) is 2.22. The highest BCUT2D eigenvalue weighted by Crippen LogP contribution is 2.24. The van der Waals surface area contributed by atoms with Crippen molar-refractivity contribution < 1.29 is 13.3 Å². The van der Waals surface area contributed by atoms with E-state index in [0.717, 1.165) is 12.5 Å². The molecule has 1 unspecified atom stereocenters. The zero-order chi connectivity index (χ0) is 17.8. The summed E-state index contributed by atoms with van der Waals surface area (Å²) in [5.41, 5.74) is 0.412. The van der Waals surface area contributed by atoms with E-state index in [1.807, 2.05) is 4.90 Å². The number of nitrogens with zero attached hydrogens (tertiary/aromatic N) is 4. The summed E-state index contributed by atoms with van der Waals surface area (Å²) in [6.07, 6.45) is 0.817. The van der Waals surface area contributed by atoms with Crippen LogP contribution in [-0.4, -0.2) is 42.3 Å². The van der Waals surface area contributed by atoms with Gasteiger partial charge < -0.3 is 20.1 Å². The van der Waals surface area contributed by atoms with Crippen molar-refractivity contribution in [3.8, 4) is 0 Å². The van der Waals surface area contributed by atoms with E-state index < -0.39 is 11.6 Å². The molecule has 0 aliphatic carbocycles. The molecule has 1 aromatic heterocycles. The van der Waals surface area contributed by atoms with E-state index in [2.05, 4.69) is 25.8 Å². The van der Waals surface area contributed by atoms with Crippen LogP contribution in [0.4, 0.5) is 14.5 Å². The van der Waals surface area contributed by atoms with Gasteiger partial charge in [0.05, 0.1) is 12.2 Å². The lowest BCUT2D eigenvalue weighted by Crippen LogP contribution is -2.44. The Bertz CT molecular complexity index is 769. The molecule has 2 aromatic rings. The van der Waals surface area contributed by atoms with E-state index in [1.54, 1.807) is 14.0 Å². The number of aryl methyl sites for hydroxylation is 1. The molecule has 1 aliphatic rings. The number of aliphatic imine (C=N–C) groups is 1. The molecule has 0 bridgehead atoms. The van der Waals surface area contributed by atoms with Gasteiger partial charge in [-0.3, -0.25) is 4.99 Å². The minimum Gasteiger partial charge on any atom is -0.367 e. The number of anilines is 1. The van der Waals surface area contributed by atoms with Gasteiger partial charge in [-0.15, -0.1) is 24.0 Å². The molecule has 2 N–H and O–H groups in total. The van der Waals surface area contributed by atoms with Crippen LogP contribution in [0, 0.1) is 18.6 Å². The molecule has 1 atom stereocenters. The van der Waals surface area contributed by atoms with Crippen LogP contribution in [0.15, 0.2) is 27.7 Å². The number of hydrogen-bond donors (Lipinski definition) is 2. The highest BCUT2D eigenvalue weighted by atomic mass is 127. The summed E-state index contributed by atoms with van der Waals surface area (Å²) in [7, 11) is 1.67. The van der Waals surface area contributed by atoms with Gasteiger partial charge in [0.15, 0.2) is 11.8 Å². The number of benzene rings is 1. The van der Waals surface area contributed by atoms with Crippen LogP contribution in [-0.2, 0) is 6.54 Å². The maximum absolute atomic E-state index is 13.9. The zero-order valence-electron chi connectivity index (χ0n) is 14.5. The Hall–Kier alpha value is -1.98. The lowest BCUT2D eigenvalue weighted by atomic mass is 10.2. The molecule has 10 heteroatoms. The number of halogens is 3. The third-order valence-corrected chi connectivity index (χ3v) is 3.98. The molecule has 0 spiro atoms. The van der Waals surface area contributed by atoms with Crippen molar-refractivity contribution in [3.05, 3.63) is 41.5 Å². The molecule has 1 fully saturated rings. The van der Waals surface area contributed by atoms with Crippen LogP contribution in [0.5, 0.6) is 0 Å². The van der Waals surface area contributed by atoms with E-state index >= 15 is 0 Å². The van der Waals surface area contributed by atoms with Gasteiger partial charge in [-0.2, -0.15) is 4.98 Å². The van der Waals surface area contributed by atoms with Crippen molar-refractivity contribution in [2.45, 2.75) is 25.9 Å².